The summed E-state index contributed by atoms with van der Waals surface area (Å²) in [7, 11) is 0. The van der Waals surface area contributed by atoms with Crippen molar-refractivity contribution in [3.8, 4) is 6.07 Å². The zero-order valence-electron chi connectivity index (χ0n) is 18.2. The number of H-pyrrole nitrogens is 2. The third kappa shape index (κ3) is 5.73. The Morgan fingerprint density at radius 2 is 1.85 bits per heavy atom. The van der Waals surface area contributed by atoms with Crippen LogP contribution in [0.2, 0.25) is 0 Å². The van der Waals surface area contributed by atoms with Crippen LogP contribution in [0.25, 0.3) is 10.9 Å². The number of hydrogen-bond acceptors (Lipinski definition) is 5. The number of anilines is 2. The van der Waals surface area contributed by atoms with Gasteiger partial charge in [-0.1, -0.05) is 31.4 Å². The van der Waals surface area contributed by atoms with E-state index < -0.39 is 11.8 Å². The summed E-state index contributed by atoms with van der Waals surface area (Å²) in [6.45, 7) is 0.691. The molecule has 1 saturated carbocycles. The fourth-order valence-corrected chi connectivity index (χ4v) is 3.77. The van der Waals surface area contributed by atoms with Crippen LogP contribution in [0.4, 0.5) is 24.7 Å². The Bertz CT molecular complexity index is 1150. The Balaban J connectivity index is 0.000000286. The number of aromatic amines is 2. The van der Waals surface area contributed by atoms with Crippen LogP contribution in [-0.2, 0) is 5.60 Å². The molecule has 2 aromatic heterocycles. The zero-order chi connectivity index (χ0) is 24.1. The number of aliphatic hydroxyl groups is 1. The SMILES string of the molecule is CC(O)(c1ccc(Nc2n[nH]c3cc[nH]c(=O)c23)cc1)C(F)(F)F.N#CCC1CCCCC1. The Morgan fingerprint density at radius 1 is 1.18 bits per heavy atom. The van der Waals surface area contributed by atoms with Crippen molar-refractivity contribution in [3.63, 3.8) is 0 Å². The minimum atomic E-state index is -4.78. The number of benzene rings is 1. The summed E-state index contributed by atoms with van der Waals surface area (Å²) in [5, 5.41) is 27.8. The third-order valence-corrected chi connectivity index (χ3v) is 5.85. The highest BCUT2D eigenvalue weighted by atomic mass is 19.4. The van der Waals surface area contributed by atoms with E-state index in [9.17, 15) is 23.1 Å². The smallest absolute Gasteiger partial charge is 0.376 e. The highest BCUT2D eigenvalue weighted by Crippen LogP contribution is 2.38. The quantitative estimate of drug-likeness (QED) is 0.424. The van der Waals surface area contributed by atoms with Crippen LogP contribution in [0.3, 0.4) is 0 Å². The Kier molecular flexibility index (Phi) is 7.43. The minimum absolute atomic E-state index is 0.252. The summed E-state index contributed by atoms with van der Waals surface area (Å²) in [5.41, 5.74) is -2.63. The largest absolute Gasteiger partial charge is 0.421 e. The van der Waals surface area contributed by atoms with Crippen molar-refractivity contribution < 1.29 is 18.3 Å². The number of hydrogen-bond donors (Lipinski definition) is 4. The van der Waals surface area contributed by atoms with Gasteiger partial charge >= 0.3 is 6.18 Å². The van der Waals surface area contributed by atoms with E-state index in [0.717, 1.165) is 24.5 Å². The Labute approximate surface area is 188 Å². The number of halogens is 3. The number of alkyl halides is 3. The molecule has 3 aromatic rings. The summed E-state index contributed by atoms with van der Waals surface area (Å²) in [4.78, 5) is 14.4. The molecular formula is C23H26F3N5O2. The molecule has 4 rings (SSSR count). The fraction of sp³-hybridized carbons (Fsp3) is 0.435. The predicted octanol–water partition coefficient (Wildman–Crippen LogP) is 5.24. The highest BCUT2D eigenvalue weighted by Gasteiger charge is 2.51. The lowest BCUT2D eigenvalue weighted by molar-refractivity contribution is -0.258. The lowest BCUT2D eigenvalue weighted by atomic mass is 9.87. The monoisotopic (exact) mass is 461 g/mol. The van der Waals surface area contributed by atoms with Gasteiger partial charge in [-0.05, 0) is 49.4 Å². The van der Waals surface area contributed by atoms with Gasteiger partial charge in [0, 0.05) is 18.3 Å². The van der Waals surface area contributed by atoms with Crippen molar-refractivity contribution >= 4 is 22.4 Å². The minimum Gasteiger partial charge on any atom is -0.376 e. The van der Waals surface area contributed by atoms with Crippen LogP contribution in [0.1, 0.15) is 51.0 Å². The molecule has 0 saturated heterocycles. The summed E-state index contributed by atoms with van der Waals surface area (Å²) < 4.78 is 38.5. The van der Waals surface area contributed by atoms with Crippen LogP contribution in [0, 0.1) is 17.2 Å². The van der Waals surface area contributed by atoms with E-state index in [1.807, 2.05) is 0 Å². The van der Waals surface area contributed by atoms with Crippen molar-refractivity contribution in [2.75, 3.05) is 5.32 Å². The van der Waals surface area contributed by atoms with Gasteiger partial charge < -0.3 is 15.4 Å². The van der Waals surface area contributed by atoms with Crippen LogP contribution in [-0.4, -0.2) is 26.5 Å². The first kappa shape index (κ1) is 24.3. The third-order valence-electron chi connectivity index (χ3n) is 5.85. The molecule has 1 atom stereocenters. The topological polar surface area (TPSA) is 118 Å². The van der Waals surface area contributed by atoms with Gasteiger partial charge in [0.2, 0.25) is 0 Å². The highest BCUT2D eigenvalue weighted by molar-refractivity contribution is 5.90. The van der Waals surface area contributed by atoms with Crippen LogP contribution in [0.5, 0.6) is 0 Å². The number of nitrogens with one attached hydrogen (secondary N) is 3. The zero-order valence-corrected chi connectivity index (χ0v) is 18.2. The molecule has 33 heavy (non-hydrogen) atoms. The maximum atomic E-state index is 12.8. The predicted molar refractivity (Wildman–Crippen MR) is 119 cm³/mol. The van der Waals surface area contributed by atoms with Crippen molar-refractivity contribution in [3.05, 3.63) is 52.4 Å². The Morgan fingerprint density at radius 3 is 2.45 bits per heavy atom. The molecule has 1 fully saturated rings. The lowest BCUT2D eigenvalue weighted by Gasteiger charge is -2.26. The lowest BCUT2D eigenvalue weighted by Crippen LogP contribution is -2.39. The molecule has 1 aliphatic rings. The van der Waals surface area contributed by atoms with E-state index in [4.69, 9.17) is 5.26 Å². The number of rotatable bonds is 4. The average Bonchev–Trinajstić information content (AvgIpc) is 3.19. The first-order chi connectivity index (χ1) is 15.6. The maximum absolute atomic E-state index is 12.8. The van der Waals surface area contributed by atoms with Crippen molar-refractivity contribution in [2.24, 2.45) is 5.92 Å². The molecule has 0 aliphatic heterocycles. The van der Waals surface area contributed by atoms with E-state index in [2.05, 4.69) is 26.6 Å². The van der Waals surface area contributed by atoms with Crippen LogP contribution < -0.4 is 10.9 Å². The standard InChI is InChI=1S/C15H13F3N4O2.C8H13N/c1-14(24,15(16,17)18)8-2-4-9(5-3-8)20-12-11-10(21-22-12)6-7-19-13(11)23;9-7-6-8-4-2-1-3-5-8/h2-7,24H,1H3,(H,19,23)(H2,20,21,22);8H,1-6H2. The van der Waals surface area contributed by atoms with Gasteiger partial charge in [-0.2, -0.15) is 23.5 Å². The van der Waals surface area contributed by atoms with E-state index >= 15 is 0 Å². The van der Waals surface area contributed by atoms with Gasteiger partial charge in [0.15, 0.2) is 11.4 Å². The fourth-order valence-electron chi connectivity index (χ4n) is 3.77. The van der Waals surface area contributed by atoms with Gasteiger partial charge in [-0.15, -0.1) is 0 Å². The molecule has 1 unspecified atom stereocenters. The first-order valence-electron chi connectivity index (χ1n) is 10.7. The molecule has 176 valence electrons. The number of fused-ring (bicyclic) bond motifs is 1. The molecule has 10 heteroatoms. The van der Waals surface area contributed by atoms with Crippen molar-refractivity contribution in [1.82, 2.24) is 15.2 Å². The van der Waals surface area contributed by atoms with Gasteiger partial charge in [-0.3, -0.25) is 9.89 Å². The second-order valence-corrected chi connectivity index (χ2v) is 8.31. The van der Waals surface area contributed by atoms with E-state index in [-0.39, 0.29) is 16.9 Å². The molecule has 7 nitrogen and oxygen atoms in total. The summed E-state index contributed by atoms with van der Waals surface area (Å²) in [5.74, 6) is 0.992. The average molecular weight is 461 g/mol. The second kappa shape index (κ2) is 10.1. The molecule has 1 aliphatic carbocycles. The van der Waals surface area contributed by atoms with Gasteiger partial charge in [0.1, 0.15) is 5.39 Å². The van der Waals surface area contributed by atoms with Gasteiger partial charge in [0.25, 0.3) is 5.56 Å². The molecular weight excluding hydrogens is 435 g/mol. The van der Waals surface area contributed by atoms with Crippen LogP contribution >= 0.6 is 0 Å². The number of nitriles is 1. The number of aromatic nitrogens is 3. The molecule has 0 spiro atoms. The molecule has 0 amide bonds. The number of nitrogens with zero attached hydrogens (tertiary/aromatic N) is 2. The van der Waals surface area contributed by atoms with E-state index in [0.29, 0.717) is 23.5 Å². The molecule has 0 radical (unpaired) electrons. The second-order valence-electron chi connectivity index (χ2n) is 8.31. The Hall–Kier alpha value is -3.32. The summed E-state index contributed by atoms with van der Waals surface area (Å²) >= 11 is 0. The number of pyridine rings is 1. The van der Waals surface area contributed by atoms with Crippen molar-refractivity contribution in [1.29, 1.82) is 5.26 Å². The van der Waals surface area contributed by atoms with E-state index in [1.54, 1.807) is 6.07 Å². The van der Waals surface area contributed by atoms with Crippen LogP contribution in [0.15, 0.2) is 41.3 Å². The van der Waals surface area contributed by atoms with Gasteiger partial charge in [-0.25, -0.2) is 0 Å². The van der Waals surface area contributed by atoms with Gasteiger partial charge in [0.05, 0.1) is 11.6 Å². The molecule has 4 N–H and O–H groups in total. The first-order valence-corrected chi connectivity index (χ1v) is 10.7. The summed E-state index contributed by atoms with van der Waals surface area (Å²) in [6.07, 6.45) is 4.18. The summed E-state index contributed by atoms with van der Waals surface area (Å²) in [6, 6.07) is 8.93. The molecule has 2 heterocycles. The van der Waals surface area contributed by atoms with E-state index in [1.165, 1.54) is 50.4 Å². The molecule has 0 bridgehead atoms. The maximum Gasteiger partial charge on any atom is 0.421 e. The van der Waals surface area contributed by atoms with Crippen molar-refractivity contribution in [2.45, 2.75) is 57.2 Å². The normalized spacial score (nSPS) is 16.4. The molecule has 1 aromatic carbocycles.